The first-order chi connectivity index (χ1) is 28.4. The average molecular weight is 835 g/mol. The van der Waals surface area contributed by atoms with Gasteiger partial charge in [0.05, 0.1) is 28.3 Å². The number of hydrogen-bond donors (Lipinski definition) is 4. The van der Waals surface area contributed by atoms with Gasteiger partial charge in [0, 0.05) is 18.1 Å². The maximum Gasteiger partial charge on any atom is 0.266 e. The zero-order valence-corrected chi connectivity index (χ0v) is 34.0. The molecule has 6 aromatic rings. The molecule has 0 atom stereocenters. The first-order valence-electron chi connectivity index (χ1n) is 18.0. The van der Waals surface area contributed by atoms with Crippen LogP contribution < -0.4 is 30.7 Å². The monoisotopic (exact) mass is 834 g/mol. The normalized spacial score (nSPS) is 10.7. The van der Waals surface area contributed by atoms with Gasteiger partial charge in [-0.1, -0.05) is 96.1 Å². The van der Waals surface area contributed by atoms with Gasteiger partial charge < -0.3 is 20.1 Å². The zero-order valence-electron chi connectivity index (χ0n) is 32.3. The second kappa shape index (κ2) is 21.3. The van der Waals surface area contributed by atoms with Crippen molar-refractivity contribution >= 4 is 51.2 Å². The van der Waals surface area contributed by atoms with Crippen molar-refractivity contribution in [2.24, 2.45) is 5.90 Å². The van der Waals surface area contributed by atoms with Crippen molar-refractivity contribution in [2.45, 2.75) is 43.8 Å². The molecule has 304 valence electrons. The lowest BCUT2D eigenvalue weighted by Gasteiger charge is -2.12. The third kappa shape index (κ3) is 13.6. The summed E-state index contributed by atoms with van der Waals surface area (Å²) in [6, 6.07) is 42.7. The number of sulfonamides is 1. The van der Waals surface area contributed by atoms with Gasteiger partial charge in [0.25, 0.3) is 21.8 Å². The third-order valence-corrected chi connectivity index (χ3v) is 10.4. The van der Waals surface area contributed by atoms with E-state index in [4.69, 9.17) is 15.4 Å². The Bertz CT molecular complexity index is 2480. The predicted molar refractivity (Wildman–Crippen MR) is 226 cm³/mol. The number of carbonyl (C=O) groups excluding carboxylic acids is 3. The predicted octanol–water partition coefficient (Wildman–Crippen LogP) is 8.31. The van der Waals surface area contributed by atoms with Gasteiger partial charge in [0.2, 0.25) is 5.91 Å². The van der Waals surface area contributed by atoms with Crippen LogP contribution in [0.15, 0.2) is 155 Å². The Morgan fingerprint density at radius 3 is 1.59 bits per heavy atom. The fourth-order valence-corrected chi connectivity index (χ4v) is 6.90. The molecule has 0 heterocycles. The van der Waals surface area contributed by atoms with E-state index in [0.29, 0.717) is 46.4 Å². The molecule has 59 heavy (non-hydrogen) atoms. The number of carbonyl (C=O) groups is 3. The smallest absolute Gasteiger partial charge is 0.266 e. The molecule has 0 aliphatic carbocycles. The van der Waals surface area contributed by atoms with E-state index in [-0.39, 0.29) is 16.5 Å². The summed E-state index contributed by atoms with van der Waals surface area (Å²) < 4.78 is 42.9. The quantitative estimate of drug-likeness (QED) is 0.0443. The second-order valence-electron chi connectivity index (χ2n) is 12.9. The van der Waals surface area contributed by atoms with Gasteiger partial charge in [-0.05, 0) is 85.6 Å². The van der Waals surface area contributed by atoms with Crippen LogP contribution in [0.25, 0.3) is 0 Å². The van der Waals surface area contributed by atoms with E-state index in [2.05, 4.69) is 20.0 Å². The summed E-state index contributed by atoms with van der Waals surface area (Å²) in [5.74, 6) is 4.50. The molecule has 13 nitrogen and oxygen atoms in total. The molecule has 6 rings (SSSR count). The van der Waals surface area contributed by atoms with E-state index < -0.39 is 21.8 Å². The minimum absolute atomic E-state index is 0.0622. The topological polar surface area (TPSA) is 184 Å². The minimum atomic E-state index is -4.11. The maximum atomic E-state index is 12.7. The number of aryl methyl sites for hydroxylation is 2. The lowest BCUT2D eigenvalue weighted by atomic mass is 10.1. The lowest BCUT2D eigenvalue weighted by Crippen LogP contribution is -2.29. The summed E-state index contributed by atoms with van der Waals surface area (Å²) in [5, 5.41) is 5.44. The summed E-state index contributed by atoms with van der Waals surface area (Å²) in [7, 11) is -4.11. The van der Waals surface area contributed by atoms with Crippen LogP contribution in [0.1, 0.15) is 49.9 Å². The fraction of sp³-hybridized carbons (Fsp3) is 0.114. The van der Waals surface area contributed by atoms with Crippen LogP contribution in [-0.2, 0) is 37.4 Å². The first-order valence-corrected chi connectivity index (χ1v) is 20.2. The van der Waals surface area contributed by atoms with Crippen molar-refractivity contribution in [3.05, 3.63) is 179 Å². The number of ether oxygens (including phenoxy) is 2. The molecule has 0 radical (unpaired) electrons. The van der Waals surface area contributed by atoms with Gasteiger partial charge >= 0.3 is 0 Å². The van der Waals surface area contributed by atoms with Crippen molar-refractivity contribution in [3.63, 3.8) is 0 Å². The molecular formula is C44H42N4O9S2. The Kier molecular flexibility index (Phi) is 15.8. The van der Waals surface area contributed by atoms with Crippen molar-refractivity contribution in [1.29, 1.82) is 0 Å². The van der Waals surface area contributed by atoms with Crippen LogP contribution in [-0.4, -0.2) is 26.1 Å². The molecule has 0 saturated heterocycles. The number of hydrogen-bond acceptors (Lipinski definition) is 11. The molecule has 0 unspecified atom stereocenters. The van der Waals surface area contributed by atoms with Gasteiger partial charge in [-0.15, -0.1) is 9.32 Å². The molecule has 0 aromatic heterocycles. The number of anilines is 2. The van der Waals surface area contributed by atoms with Gasteiger partial charge in [0.15, 0.2) is 0 Å². The molecule has 0 spiro atoms. The molecule has 0 fully saturated rings. The number of rotatable bonds is 15. The van der Waals surface area contributed by atoms with E-state index in [1.165, 1.54) is 23.8 Å². The van der Waals surface area contributed by atoms with Gasteiger partial charge in [0.1, 0.15) is 29.6 Å². The van der Waals surface area contributed by atoms with E-state index in [1.54, 1.807) is 60.7 Å². The van der Waals surface area contributed by atoms with Gasteiger partial charge in [-0.3, -0.25) is 14.4 Å². The molecular weight excluding hydrogens is 793 g/mol. The minimum Gasteiger partial charge on any atom is -0.489 e. The number of nitrogens with one attached hydrogen (secondary N) is 3. The molecule has 0 aliphatic rings. The molecule has 6 aromatic carbocycles. The third-order valence-electron chi connectivity index (χ3n) is 8.25. The van der Waals surface area contributed by atoms with Crippen molar-refractivity contribution < 1.29 is 41.6 Å². The Morgan fingerprint density at radius 1 is 0.610 bits per heavy atom. The van der Waals surface area contributed by atoms with Crippen molar-refractivity contribution in [1.82, 2.24) is 4.72 Å². The molecule has 5 N–H and O–H groups in total. The number of benzene rings is 6. The number of nitrogens with two attached hydrogens (primary N) is 1. The van der Waals surface area contributed by atoms with Crippen molar-refractivity contribution in [2.75, 3.05) is 10.6 Å². The summed E-state index contributed by atoms with van der Waals surface area (Å²) >= 11 is 0.907. The number of amides is 3. The van der Waals surface area contributed by atoms with E-state index in [0.717, 1.165) is 35.7 Å². The summed E-state index contributed by atoms with van der Waals surface area (Å²) in [4.78, 5) is 41.1. The highest BCUT2D eigenvalue weighted by atomic mass is 32.2. The number of para-hydroxylation sites is 2. The van der Waals surface area contributed by atoms with Crippen LogP contribution in [0.4, 0.5) is 11.4 Å². The molecule has 0 bridgehead atoms. The highest BCUT2D eigenvalue weighted by Crippen LogP contribution is 2.28. The zero-order chi connectivity index (χ0) is 42.2. The van der Waals surface area contributed by atoms with Crippen LogP contribution in [0.3, 0.4) is 0 Å². The van der Waals surface area contributed by atoms with Gasteiger partial charge in [-0.25, -0.2) is 13.1 Å². The van der Waals surface area contributed by atoms with Crippen LogP contribution in [0.5, 0.6) is 11.5 Å². The van der Waals surface area contributed by atoms with E-state index >= 15 is 0 Å². The summed E-state index contributed by atoms with van der Waals surface area (Å²) in [6.07, 6.45) is 0. The molecule has 3 amide bonds. The highest BCUT2D eigenvalue weighted by molar-refractivity contribution is 7.94. The fourth-order valence-electron chi connectivity index (χ4n) is 5.29. The average Bonchev–Trinajstić information content (AvgIpc) is 3.23. The Morgan fingerprint density at radius 2 is 1.08 bits per heavy atom. The van der Waals surface area contributed by atoms with Crippen LogP contribution in [0, 0.1) is 13.8 Å². The van der Waals surface area contributed by atoms with E-state index in [1.807, 2.05) is 85.3 Å². The summed E-state index contributed by atoms with van der Waals surface area (Å²) in [5.41, 5.74) is 5.84. The maximum absolute atomic E-state index is 12.7. The Labute approximate surface area is 347 Å². The second-order valence-corrected chi connectivity index (χ2v) is 15.3. The van der Waals surface area contributed by atoms with Crippen LogP contribution in [0.2, 0.25) is 0 Å². The van der Waals surface area contributed by atoms with Gasteiger partial charge in [-0.2, -0.15) is 5.90 Å². The van der Waals surface area contributed by atoms with Crippen LogP contribution >= 0.6 is 12.0 Å². The van der Waals surface area contributed by atoms with E-state index in [9.17, 15) is 22.8 Å². The summed E-state index contributed by atoms with van der Waals surface area (Å²) in [6.45, 7) is 5.93. The molecule has 0 aliphatic heterocycles. The lowest BCUT2D eigenvalue weighted by molar-refractivity contribution is -0.195. The molecule has 15 heteroatoms. The Hall–Kier alpha value is -6.49. The highest BCUT2D eigenvalue weighted by Gasteiger charge is 2.21. The molecule has 0 saturated carbocycles. The largest absolute Gasteiger partial charge is 0.489 e. The SMILES string of the molecule is CC(=O)NS(=O)(=O)c1ccccc1NC(=O)c1cccc(OCc2ccc(C)cc2)c1.Cc1ccc(COc2cccc(C(=O)Nc3ccccc3SOON)c2)cc1. The first kappa shape index (κ1) is 43.6. The van der Waals surface area contributed by atoms with Crippen molar-refractivity contribution in [3.8, 4) is 11.5 Å². The standard InChI is InChI=1S/C23H22N2O5S.C21H20N2O4S/c1-16-10-12-18(13-11-16)15-30-20-7-5-6-19(14-20)23(27)24-21-8-3-4-9-22(21)31(28,29)25-17(2)26;1-15-9-11-16(12-10-15)14-25-18-6-4-5-17(13-18)21(24)23-19-7-2-3-8-20(19)28-27-26-22/h3-14H,15H2,1-2H3,(H,24,27)(H,25,26);2-13H,14,22H2,1H3,(H,23,24). The Balaban J connectivity index is 0.000000225.